The molecule has 0 fully saturated rings. The predicted molar refractivity (Wildman–Crippen MR) is 75.5 cm³/mol. The van der Waals surface area contributed by atoms with Crippen molar-refractivity contribution in [1.29, 1.82) is 0 Å². The van der Waals surface area contributed by atoms with Crippen molar-refractivity contribution in [3.05, 3.63) is 65.2 Å². The summed E-state index contributed by atoms with van der Waals surface area (Å²) < 4.78 is 50.1. The summed E-state index contributed by atoms with van der Waals surface area (Å²) in [6, 6.07) is 9.68. The number of benzene rings is 2. The van der Waals surface area contributed by atoms with Gasteiger partial charge in [0, 0.05) is 5.56 Å². The molecule has 0 aromatic heterocycles. The topological polar surface area (TPSA) is 58.5 Å². The van der Waals surface area contributed by atoms with E-state index in [9.17, 15) is 17.2 Å². The quantitative estimate of drug-likeness (QED) is 0.697. The summed E-state index contributed by atoms with van der Waals surface area (Å²) in [5.41, 5.74) is 0.765. The van der Waals surface area contributed by atoms with Crippen LogP contribution in [0.15, 0.2) is 52.5 Å². The third-order valence-electron chi connectivity index (χ3n) is 2.69. The van der Waals surface area contributed by atoms with Crippen LogP contribution >= 0.6 is 0 Å². The van der Waals surface area contributed by atoms with E-state index >= 15 is 0 Å². The minimum Gasteiger partial charge on any atom is -0.204 e. The molecule has 0 radical (unpaired) electrons. The number of nitrogens with one attached hydrogen (secondary N) is 1. The highest BCUT2D eigenvalue weighted by Gasteiger charge is 2.12. The molecule has 1 N–H and O–H groups in total. The fourth-order valence-corrected chi connectivity index (χ4v) is 2.35. The van der Waals surface area contributed by atoms with Crippen molar-refractivity contribution in [2.24, 2.45) is 5.10 Å². The minimum atomic E-state index is -3.83. The highest BCUT2D eigenvalue weighted by Crippen LogP contribution is 2.11. The van der Waals surface area contributed by atoms with Gasteiger partial charge in [0.2, 0.25) is 0 Å². The molecular formula is C14H12F2N2O2S. The van der Waals surface area contributed by atoms with E-state index in [0.29, 0.717) is 0 Å². The SMILES string of the molecule is Cc1ccc(S(=O)(=O)NN=Cc2cccc(F)c2F)cc1. The molecule has 0 atom stereocenters. The average Bonchev–Trinajstić information content (AvgIpc) is 2.44. The molecule has 0 spiro atoms. The van der Waals surface area contributed by atoms with Gasteiger partial charge in [0.05, 0.1) is 11.1 Å². The van der Waals surface area contributed by atoms with Gasteiger partial charge in [-0.25, -0.2) is 13.6 Å². The second-order valence-electron chi connectivity index (χ2n) is 4.31. The first kappa shape index (κ1) is 15.1. The summed E-state index contributed by atoms with van der Waals surface area (Å²) in [6.45, 7) is 1.83. The standard InChI is InChI=1S/C14H12F2N2O2S/c1-10-5-7-12(8-6-10)21(19,20)18-17-9-11-3-2-4-13(15)14(11)16/h2-9,18H,1H3. The Labute approximate surface area is 121 Å². The monoisotopic (exact) mass is 310 g/mol. The normalized spacial score (nSPS) is 11.8. The third-order valence-corrected chi connectivity index (χ3v) is 3.93. The lowest BCUT2D eigenvalue weighted by Crippen LogP contribution is -2.18. The van der Waals surface area contributed by atoms with Crippen molar-refractivity contribution in [3.63, 3.8) is 0 Å². The summed E-state index contributed by atoms with van der Waals surface area (Å²) in [6.07, 6.45) is 0.907. The van der Waals surface area contributed by atoms with Gasteiger partial charge in [0.25, 0.3) is 10.0 Å². The Bertz CT molecular complexity index is 772. The van der Waals surface area contributed by atoms with Crippen molar-refractivity contribution >= 4 is 16.2 Å². The largest absolute Gasteiger partial charge is 0.276 e. The molecule has 0 saturated carbocycles. The molecule has 4 nitrogen and oxygen atoms in total. The summed E-state index contributed by atoms with van der Waals surface area (Å²) in [5, 5.41) is 3.44. The maximum absolute atomic E-state index is 13.3. The van der Waals surface area contributed by atoms with Crippen LogP contribution in [0.5, 0.6) is 0 Å². The summed E-state index contributed by atoms with van der Waals surface area (Å²) >= 11 is 0. The fourth-order valence-electron chi connectivity index (χ4n) is 1.56. The van der Waals surface area contributed by atoms with Crippen LogP contribution in [-0.4, -0.2) is 14.6 Å². The van der Waals surface area contributed by atoms with Gasteiger partial charge in [-0.05, 0) is 25.1 Å². The van der Waals surface area contributed by atoms with Crippen molar-refractivity contribution in [2.75, 3.05) is 0 Å². The Morgan fingerprint density at radius 3 is 2.43 bits per heavy atom. The Morgan fingerprint density at radius 1 is 1.10 bits per heavy atom. The lowest BCUT2D eigenvalue weighted by Gasteiger charge is -2.03. The Morgan fingerprint density at radius 2 is 1.76 bits per heavy atom. The van der Waals surface area contributed by atoms with Crippen LogP contribution in [0.4, 0.5) is 8.78 Å². The first-order valence-electron chi connectivity index (χ1n) is 5.96. The molecule has 0 bridgehead atoms. The maximum Gasteiger partial charge on any atom is 0.276 e. The van der Waals surface area contributed by atoms with Crippen molar-refractivity contribution in [3.8, 4) is 0 Å². The first-order valence-corrected chi connectivity index (χ1v) is 7.44. The second-order valence-corrected chi connectivity index (χ2v) is 5.97. The predicted octanol–water partition coefficient (Wildman–Crippen LogP) is 2.59. The van der Waals surface area contributed by atoms with Crippen LogP contribution in [0.1, 0.15) is 11.1 Å². The van der Waals surface area contributed by atoms with Crippen LogP contribution in [0.2, 0.25) is 0 Å². The summed E-state index contributed by atoms with van der Waals surface area (Å²) in [4.78, 5) is 1.97. The second kappa shape index (κ2) is 6.01. The fraction of sp³-hybridized carbons (Fsp3) is 0.0714. The number of aryl methyl sites for hydroxylation is 1. The lowest BCUT2D eigenvalue weighted by atomic mass is 10.2. The smallest absolute Gasteiger partial charge is 0.204 e. The molecule has 0 unspecified atom stereocenters. The zero-order valence-electron chi connectivity index (χ0n) is 11.0. The molecule has 0 heterocycles. The molecule has 0 aliphatic carbocycles. The number of hydrazone groups is 1. The van der Waals surface area contributed by atoms with E-state index in [1.807, 2.05) is 11.8 Å². The van der Waals surface area contributed by atoms with Crippen LogP contribution in [0.3, 0.4) is 0 Å². The van der Waals surface area contributed by atoms with Crippen LogP contribution < -0.4 is 4.83 Å². The number of nitrogens with zero attached hydrogens (tertiary/aromatic N) is 1. The Hall–Kier alpha value is -2.28. The van der Waals surface area contributed by atoms with Gasteiger partial charge in [-0.2, -0.15) is 13.5 Å². The van der Waals surface area contributed by atoms with Gasteiger partial charge in [-0.15, -0.1) is 0 Å². The van der Waals surface area contributed by atoms with Gasteiger partial charge in [0.15, 0.2) is 11.6 Å². The van der Waals surface area contributed by atoms with E-state index in [-0.39, 0.29) is 10.5 Å². The molecule has 21 heavy (non-hydrogen) atoms. The Balaban J connectivity index is 2.16. The minimum absolute atomic E-state index is 0.0324. The number of rotatable bonds is 4. The van der Waals surface area contributed by atoms with E-state index in [1.54, 1.807) is 12.1 Å². The molecule has 0 saturated heterocycles. The number of sulfonamides is 1. The summed E-state index contributed by atoms with van der Waals surface area (Å²) in [7, 11) is -3.83. The zero-order valence-corrected chi connectivity index (χ0v) is 11.9. The molecule has 0 aliphatic rings. The maximum atomic E-state index is 13.3. The summed E-state index contributed by atoms with van der Waals surface area (Å²) in [5.74, 6) is -2.11. The molecule has 2 rings (SSSR count). The van der Waals surface area contributed by atoms with Gasteiger partial charge in [0.1, 0.15) is 0 Å². The molecule has 7 heteroatoms. The number of hydrogen-bond donors (Lipinski definition) is 1. The van der Waals surface area contributed by atoms with Gasteiger partial charge in [-0.1, -0.05) is 29.8 Å². The van der Waals surface area contributed by atoms with Crippen molar-refractivity contribution in [2.45, 2.75) is 11.8 Å². The van der Waals surface area contributed by atoms with E-state index in [2.05, 4.69) is 5.10 Å². The van der Waals surface area contributed by atoms with Crippen LogP contribution in [0, 0.1) is 18.6 Å². The number of hydrogen-bond acceptors (Lipinski definition) is 3. The van der Waals surface area contributed by atoms with Crippen molar-refractivity contribution < 1.29 is 17.2 Å². The van der Waals surface area contributed by atoms with Crippen LogP contribution in [0.25, 0.3) is 0 Å². The van der Waals surface area contributed by atoms with Gasteiger partial charge >= 0.3 is 0 Å². The van der Waals surface area contributed by atoms with Crippen LogP contribution in [-0.2, 0) is 10.0 Å². The molecule has 0 amide bonds. The molecule has 110 valence electrons. The van der Waals surface area contributed by atoms with Gasteiger partial charge in [-0.3, -0.25) is 0 Å². The van der Waals surface area contributed by atoms with E-state index < -0.39 is 21.7 Å². The Kier molecular flexibility index (Phi) is 4.32. The average molecular weight is 310 g/mol. The zero-order chi connectivity index (χ0) is 15.5. The number of halogens is 2. The first-order chi connectivity index (χ1) is 9.90. The lowest BCUT2D eigenvalue weighted by molar-refractivity contribution is 0.507. The molecule has 2 aromatic carbocycles. The van der Waals surface area contributed by atoms with E-state index in [1.165, 1.54) is 24.3 Å². The molecule has 2 aromatic rings. The highest BCUT2D eigenvalue weighted by molar-refractivity contribution is 7.89. The highest BCUT2D eigenvalue weighted by atomic mass is 32.2. The van der Waals surface area contributed by atoms with Crippen molar-refractivity contribution in [1.82, 2.24) is 4.83 Å². The van der Waals surface area contributed by atoms with E-state index in [4.69, 9.17) is 0 Å². The molecule has 0 aliphatic heterocycles. The van der Waals surface area contributed by atoms with E-state index in [0.717, 1.165) is 17.8 Å². The molecular weight excluding hydrogens is 298 g/mol. The third kappa shape index (κ3) is 3.63. The van der Waals surface area contributed by atoms with Gasteiger partial charge < -0.3 is 0 Å².